The number of aromatic nitrogens is 2. The van der Waals surface area contributed by atoms with Gasteiger partial charge >= 0.3 is 0 Å². The summed E-state index contributed by atoms with van der Waals surface area (Å²) in [5.41, 5.74) is 0.968. The van der Waals surface area contributed by atoms with Gasteiger partial charge in [-0.05, 0) is 19.8 Å². The minimum Gasteiger partial charge on any atom is -0.367 e. The molecule has 0 bridgehead atoms. The molecule has 3 nitrogen and oxygen atoms in total. The quantitative estimate of drug-likeness (QED) is 0.645. The average Bonchev–Trinajstić information content (AvgIpc) is 2.63. The van der Waals surface area contributed by atoms with Crippen molar-refractivity contribution in [2.24, 2.45) is 0 Å². The Morgan fingerprint density at radius 1 is 1.11 bits per heavy atom. The van der Waals surface area contributed by atoms with Gasteiger partial charge in [0.15, 0.2) is 0 Å². The third-order valence-electron chi connectivity index (χ3n) is 3.82. The summed E-state index contributed by atoms with van der Waals surface area (Å²) < 4.78 is 0. The van der Waals surface area contributed by atoms with E-state index in [-0.39, 0.29) is 0 Å². The monoisotopic (exact) mass is 281 g/mol. The van der Waals surface area contributed by atoms with Crippen molar-refractivity contribution >= 4 is 17.4 Å². The standard InChI is InChI=1S/C15H24ClN3/c1-10(2)14-18-13(16)11(3)15(19-14)17-12-8-6-4-5-7-9-12/h10,12H,4-9H2,1-3H3,(H,17,18,19). The molecule has 0 unspecified atom stereocenters. The first-order chi connectivity index (χ1) is 9.08. The van der Waals surface area contributed by atoms with E-state index >= 15 is 0 Å². The molecule has 1 aromatic heterocycles. The lowest BCUT2D eigenvalue weighted by atomic mass is 10.1. The van der Waals surface area contributed by atoms with Gasteiger partial charge in [0.1, 0.15) is 16.8 Å². The molecule has 0 aromatic carbocycles. The van der Waals surface area contributed by atoms with Crippen molar-refractivity contribution in [2.45, 2.75) is 71.3 Å². The Balaban J connectivity index is 2.18. The molecule has 1 heterocycles. The van der Waals surface area contributed by atoms with Gasteiger partial charge in [-0.25, -0.2) is 9.97 Å². The summed E-state index contributed by atoms with van der Waals surface area (Å²) in [5, 5.41) is 4.17. The Morgan fingerprint density at radius 3 is 2.32 bits per heavy atom. The van der Waals surface area contributed by atoms with Gasteiger partial charge in [-0.1, -0.05) is 51.1 Å². The van der Waals surface area contributed by atoms with E-state index in [2.05, 4.69) is 29.1 Å². The number of anilines is 1. The first-order valence-corrected chi connectivity index (χ1v) is 7.76. The Hall–Kier alpha value is -0.830. The van der Waals surface area contributed by atoms with Gasteiger partial charge in [0.25, 0.3) is 0 Å². The molecular weight excluding hydrogens is 258 g/mol. The van der Waals surface area contributed by atoms with Crippen LogP contribution in [0.15, 0.2) is 0 Å². The highest BCUT2D eigenvalue weighted by molar-refractivity contribution is 6.30. The molecule has 1 N–H and O–H groups in total. The van der Waals surface area contributed by atoms with Gasteiger partial charge in [-0.3, -0.25) is 0 Å². The van der Waals surface area contributed by atoms with Crippen molar-refractivity contribution in [3.8, 4) is 0 Å². The number of hydrogen-bond donors (Lipinski definition) is 1. The normalized spacial score (nSPS) is 17.5. The highest BCUT2D eigenvalue weighted by Gasteiger charge is 2.16. The van der Waals surface area contributed by atoms with Gasteiger partial charge in [-0.15, -0.1) is 0 Å². The Morgan fingerprint density at radius 2 is 1.74 bits per heavy atom. The minimum atomic E-state index is 0.299. The highest BCUT2D eigenvalue weighted by atomic mass is 35.5. The van der Waals surface area contributed by atoms with Crippen molar-refractivity contribution in [3.63, 3.8) is 0 Å². The van der Waals surface area contributed by atoms with Crippen LogP contribution >= 0.6 is 11.6 Å². The smallest absolute Gasteiger partial charge is 0.137 e. The van der Waals surface area contributed by atoms with Crippen LogP contribution in [-0.4, -0.2) is 16.0 Å². The molecule has 1 saturated carbocycles. The fourth-order valence-electron chi connectivity index (χ4n) is 2.52. The van der Waals surface area contributed by atoms with Crippen LogP contribution in [0.2, 0.25) is 5.15 Å². The van der Waals surface area contributed by atoms with E-state index < -0.39 is 0 Å². The van der Waals surface area contributed by atoms with Crippen LogP contribution in [0, 0.1) is 6.92 Å². The average molecular weight is 282 g/mol. The van der Waals surface area contributed by atoms with Gasteiger partial charge in [0, 0.05) is 17.5 Å². The molecule has 4 heteroatoms. The molecule has 106 valence electrons. The van der Waals surface area contributed by atoms with Crippen molar-refractivity contribution in [1.29, 1.82) is 0 Å². The van der Waals surface area contributed by atoms with E-state index in [4.69, 9.17) is 11.6 Å². The first kappa shape index (κ1) is 14.6. The summed E-state index contributed by atoms with van der Waals surface area (Å²) in [5.74, 6) is 2.05. The molecule has 1 aliphatic carbocycles. The van der Waals surface area contributed by atoms with Crippen LogP contribution in [0.5, 0.6) is 0 Å². The molecule has 19 heavy (non-hydrogen) atoms. The largest absolute Gasteiger partial charge is 0.367 e. The predicted octanol–water partition coefficient (Wildman–Crippen LogP) is 4.70. The Bertz CT molecular complexity index is 424. The summed E-state index contributed by atoms with van der Waals surface area (Å²) in [6.07, 6.45) is 7.81. The third kappa shape index (κ3) is 3.82. The molecule has 0 spiro atoms. The second-order valence-electron chi connectivity index (χ2n) is 5.83. The number of hydrogen-bond acceptors (Lipinski definition) is 3. The maximum Gasteiger partial charge on any atom is 0.137 e. The van der Waals surface area contributed by atoms with E-state index in [1.54, 1.807) is 0 Å². The molecule has 0 saturated heterocycles. The second kappa shape index (κ2) is 6.56. The molecule has 0 amide bonds. The van der Waals surface area contributed by atoms with Crippen LogP contribution in [0.3, 0.4) is 0 Å². The second-order valence-corrected chi connectivity index (χ2v) is 6.19. The van der Waals surface area contributed by atoms with Crippen molar-refractivity contribution < 1.29 is 0 Å². The molecule has 1 fully saturated rings. The van der Waals surface area contributed by atoms with Gasteiger partial charge in [0.05, 0.1) is 0 Å². The number of rotatable bonds is 3. The Labute approximate surface area is 121 Å². The summed E-state index contributed by atoms with van der Waals surface area (Å²) in [6, 6.07) is 0.534. The molecule has 2 rings (SSSR count). The number of nitrogens with one attached hydrogen (secondary N) is 1. The highest BCUT2D eigenvalue weighted by Crippen LogP contribution is 2.26. The lowest BCUT2D eigenvalue weighted by molar-refractivity contribution is 0.615. The van der Waals surface area contributed by atoms with Crippen LogP contribution in [0.25, 0.3) is 0 Å². The first-order valence-electron chi connectivity index (χ1n) is 7.38. The summed E-state index contributed by atoms with van der Waals surface area (Å²) >= 11 is 6.22. The van der Waals surface area contributed by atoms with Gasteiger partial charge in [0.2, 0.25) is 0 Å². The van der Waals surface area contributed by atoms with Crippen LogP contribution < -0.4 is 5.32 Å². The van der Waals surface area contributed by atoms with Crippen molar-refractivity contribution in [1.82, 2.24) is 9.97 Å². The molecule has 0 radical (unpaired) electrons. The van der Waals surface area contributed by atoms with E-state index in [1.165, 1.54) is 38.5 Å². The SMILES string of the molecule is Cc1c(Cl)nc(C(C)C)nc1NC1CCCCCC1. The minimum absolute atomic E-state index is 0.299. The zero-order valence-corrected chi connectivity index (χ0v) is 12.9. The number of halogens is 1. The fourth-order valence-corrected chi connectivity index (χ4v) is 2.70. The van der Waals surface area contributed by atoms with Gasteiger partial charge in [-0.2, -0.15) is 0 Å². The van der Waals surface area contributed by atoms with E-state index in [0.717, 1.165) is 17.2 Å². The van der Waals surface area contributed by atoms with Crippen LogP contribution in [-0.2, 0) is 0 Å². The molecular formula is C15H24ClN3. The summed E-state index contributed by atoms with van der Waals surface area (Å²) in [7, 11) is 0. The maximum atomic E-state index is 6.22. The topological polar surface area (TPSA) is 37.8 Å². The summed E-state index contributed by atoms with van der Waals surface area (Å²) in [6.45, 7) is 6.18. The Kier molecular flexibility index (Phi) is 5.03. The van der Waals surface area contributed by atoms with Gasteiger partial charge < -0.3 is 5.32 Å². The van der Waals surface area contributed by atoms with Crippen molar-refractivity contribution in [3.05, 3.63) is 16.5 Å². The molecule has 1 aliphatic rings. The molecule has 1 aromatic rings. The van der Waals surface area contributed by atoms with E-state index in [0.29, 0.717) is 17.1 Å². The van der Waals surface area contributed by atoms with Crippen molar-refractivity contribution in [2.75, 3.05) is 5.32 Å². The molecule has 0 aliphatic heterocycles. The van der Waals surface area contributed by atoms with E-state index in [9.17, 15) is 0 Å². The lowest BCUT2D eigenvalue weighted by Crippen LogP contribution is -2.20. The zero-order chi connectivity index (χ0) is 13.8. The predicted molar refractivity (Wildman–Crippen MR) is 81.0 cm³/mol. The third-order valence-corrected chi connectivity index (χ3v) is 4.18. The summed E-state index contributed by atoms with van der Waals surface area (Å²) in [4.78, 5) is 9.01. The maximum absolute atomic E-state index is 6.22. The molecule has 0 atom stereocenters. The zero-order valence-electron chi connectivity index (χ0n) is 12.2. The fraction of sp³-hybridized carbons (Fsp3) is 0.733. The van der Waals surface area contributed by atoms with Crippen LogP contribution in [0.1, 0.15) is 69.7 Å². The van der Waals surface area contributed by atoms with Crippen LogP contribution in [0.4, 0.5) is 5.82 Å². The number of nitrogens with zero attached hydrogens (tertiary/aromatic N) is 2. The van der Waals surface area contributed by atoms with E-state index in [1.807, 2.05) is 6.92 Å². The lowest BCUT2D eigenvalue weighted by Gasteiger charge is -2.19.